The summed E-state index contributed by atoms with van der Waals surface area (Å²) in [7, 11) is 0. The quantitative estimate of drug-likeness (QED) is 0.510. The minimum absolute atomic E-state index is 0.0745. The molecule has 0 aromatic heterocycles. The number of amides is 1. The zero-order chi connectivity index (χ0) is 22.0. The van der Waals surface area contributed by atoms with Gasteiger partial charge in [0.05, 0.1) is 13.2 Å². The molecule has 2 aliphatic heterocycles. The SMILES string of the molecule is CCC(=O)N1c2ccccc2C(NC2CCC(NC3(C[N+](=O)[O-])COC3)CC2)CC1C. The van der Waals surface area contributed by atoms with Crippen molar-refractivity contribution in [2.45, 2.75) is 82.1 Å². The summed E-state index contributed by atoms with van der Waals surface area (Å²) in [5, 5.41) is 18.4. The van der Waals surface area contributed by atoms with Gasteiger partial charge in [0.15, 0.2) is 0 Å². The van der Waals surface area contributed by atoms with Crippen molar-refractivity contribution < 1.29 is 14.5 Å². The number of fused-ring (bicyclic) bond motifs is 1. The fraction of sp³-hybridized carbons (Fsp3) is 0.696. The highest BCUT2D eigenvalue weighted by molar-refractivity contribution is 5.95. The molecule has 1 saturated heterocycles. The predicted molar refractivity (Wildman–Crippen MR) is 119 cm³/mol. The maximum absolute atomic E-state index is 12.5. The number of anilines is 1. The van der Waals surface area contributed by atoms with Crippen LogP contribution in [-0.2, 0) is 9.53 Å². The predicted octanol–water partition coefficient (Wildman–Crippen LogP) is 2.80. The van der Waals surface area contributed by atoms with Crippen molar-refractivity contribution in [3.8, 4) is 0 Å². The summed E-state index contributed by atoms with van der Waals surface area (Å²) in [6, 6.07) is 9.38. The molecule has 8 heteroatoms. The molecule has 1 aromatic rings. The van der Waals surface area contributed by atoms with Crippen molar-refractivity contribution in [1.82, 2.24) is 10.6 Å². The van der Waals surface area contributed by atoms with Crippen LogP contribution in [0, 0.1) is 10.1 Å². The topological polar surface area (TPSA) is 96.7 Å². The molecule has 31 heavy (non-hydrogen) atoms. The third kappa shape index (κ3) is 4.76. The molecule has 170 valence electrons. The van der Waals surface area contributed by atoms with E-state index in [4.69, 9.17) is 4.74 Å². The summed E-state index contributed by atoms with van der Waals surface area (Å²) < 4.78 is 5.27. The van der Waals surface area contributed by atoms with E-state index in [1.165, 1.54) is 5.56 Å². The van der Waals surface area contributed by atoms with E-state index in [1.54, 1.807) is 0 Å². The van der Waals surface area contributed by atoms with Crippen LogP contribution >= 0.6 is 0 Å². The van der Waals surface area contributed by atoms with E-state index in [2.05, 4.69) is 29.7 Å². The summed E-state index contributed by atoms with van der Waals surface area (Å²) in [5.74, 6) is 0.175. The maximum Gasteiger partial charge on any atom is 0.226 e. The smallest absolute Gasteiger partial charge is 0.226 e. The van der Waals surface area contributed by atoms with Gasteiger partial charge in [0.25, 0.3) is 0 Å². The van der Waals surface area contributed by atoms with Gasteiger partial charge in [-0.05, 0) is 50.7 Å². The number of rotatable bonds is 7. The van der Waals surface area contributed by atoms with Gasteiger partial charge in [0, 0.05) is 41.2 Å². The molecular formula is C23H34N4O4. The molecule has 0 bridgehead atoms. The lowest BCUT2D eigenvalue weighted by Crippen LogP contribution is -2.67. The van der Waals surface area contributed by atoms with Gasteiger partial charge in [-0.15, -0.1) is 0 Å². The Kier molecular flexibility index (Phi) is 6.60. The molecule has 2 unspecified atom stereocenters. The summed E-state index contributed by atoms with van der Waals surface area (Å²) >= 11 is 0. The summed E-state index contributed by atoms with van der Waals surface area (Å²) in [4.78, 5) is 25.3. The molecule has 2 fully saturated rings. The van der Waals surface area contributed by atoms with E-state index in [9.17, 15) is 14.9 Å². The van der Waals surface area contributed by atoms with Crippen LogP contribution < -0.4 is 15.5 Å². The van der Waals surface area contributed by atoms with Gasteiger partial charge in [0.2, 0.25) is 12.5 Å². The zero-order valence-electron chi connectivity index (χ0n) is 18.5. The Hall–Kier alpha value is -2.03. The van der Waals surface area contributed by atoms with Crippen molar-refractivity contribution in [3.63, 3.8) is 0 Å². The molecule has 2 heterocycles. The second kappa shape index (κ2) is 9.22. The molecule has 0 radical (unpaired) electrons. The highest BCUT2D eigenvalue weighted by Crippen LogP contribution is 2.38. The highest BCUT2D eigenvalue weighted by Gasteiger charge is 2.45. The van der Waals surface area contributed by atoms with Crippen molar-refractivity contribution >= 4 is 11.6 Å². The number of carbonyl (C=O) groups excluding carboxylic acids is 1. The zero-order valence-corrected chi connectivity index (χ0v) is 18.5. The van der Waals surface area contributed by atoms with Gasteiger partial charge in [0.1, 0.15) is 5.54 Å². The average molecular weight is 431 g/mol. The normalized spacial score (nSPS) is 29.7. The van der Waals surface area contributed by atoms with Crippen molar-refractivity contribution in [3.05, 3.63) is 39.9 Å². The Balaban J connectivity index is 1.36. The highest BCUT2D eigenvalue weighted by atomic mass is 16.6. The third-order valence-electron chi connectivity index (χ3n) is 7.02. The van der Waals surface area contributed by atoms with Gasteiger partial charge >= 0.3 is 0 Å². The van der Waals surface area contributed by atoms with Crippen LogP contribution in [-0.4, -0.2) is 54.3 Å². The molecule has 8 nitrogen and oxygen atoms in total. The third-order valence-corrected chi connectivity index (χ3v) is 7.02. The Morgan fingerprint density at radius 3 is 2.52 bits per heavy atom. The first-order chi connectivity index (χ1) is 14.9. The molecular weight excluding hydrogens is 396 g/mol. The van der Waals surface area contributed by atoms with Crippen LogP contribution in [0.2, 0.25) is 0 Å². The number of carbonyl (C=O) groups is 1. The molecule has 0 spiro atoms. The van der Waals surface area contributed by atoms with Crippen LogP contribution in [0.3, 0.4) is 0 Å². The van der Waals surface area contributed by atoms with Gasteiger partial charge in [-0.25, -0.2) is 0 Å². The molecule has 2 atom stereocenters. The number of nitrogens with zero attached hydrogens (tertiary/aromatic N) is 2. The van der Waals surface area contributed by atoms with E-state index in [0.717, 1.165) is 37.8 Å². The number of nitro groups is 1. The molecule has 2 N–H and O–H groups in total. The average Bonchev–Trinajstić information content (AvgIpc) is 2.73. The maximum atomic E-state index is 12.5. The Labute approximate surface area is 183 Å². The fourth-order valence-corrected chi connectivity index (χ4v) is 5.46. The molecule has 1 aromatic carbocycles. The second-order valence-electron chi connectivity index (χ2n) is 9.44. The van der Waals surface area contributed by atoms with E-state index in [-0.39, 0.29) is 29.5 Å². The van der Waals surface area contributed by atoms with Crippen LogP contribution in [0.25, 0.3) is 0 Å². The van der Waals surface area contributed by atoms with Crippen molar-refractivity contribution in [2.24, 2.45) is 0 Å². The van der Waals surface area contributed by atoms with E-state index in [1.807, 2.05) is 24.0 Å². The van der Waals surface area contributed by atoms with E-state index < -0.39 is 5.54 Å². The molecule has 1 saturated carbocycles. The van der Waals surface area contributed by atoms with E-state index in [0.29, 0.717) is 31.7 Å². The first kappa shape index (κ1) is 22.2. The van der Waals surface area contributed by atoms with Gasteiger partial charge in [-0.2, -0.15) is 0 Å². The standard InChI is InChI=1S/C23H34N4O4/c1-3-22(28)27-16(2)12-20(19-6-4-5-7-21(19)27)24-17-8-10-18(11-9-17)25-23(13-26(29)30)14-31-15-23/h4-7,16-18,20,24-25H,3,8-15H2,1-2H3. The van der Waals surface area contributed by atoms with Gasteiger partial charge in [-0.3, -0.25) is 20.2 Å². The van der Waals surface area contributed by atoms with Crippen LogP contribution in [0.5, 0.6) is 0 Å². The summed E-state index contributed by atoms with van der Waals surface area (Å²) in [6.07, 6.45) is 5.50. The van der Waals surface area contributed by atoms with Crippen molar-refractivity contribution in [2.75, 3.05) is 24.7 Å². The molecule has 1 aliphatic carbocycles. The minimum Gasteiger partial charge on any atom is -0.377 e. The van der Waals surface area contributed by atoms with Crippen molar-refractivity contribution in [1.29, 1.82) is 0 Å². The lowest BCUT2D eigenvalue weighted by molar-refractivity contribution is -0.499. The number of hydrogen-bond donors (Lipinski definition) is 2. The number of hydrogen-bond acceptors (Lipinski definition) is 6. The van der Waals surface area contributed by atoms with Crippen LogP contribution in [0.4, 0.5) is 5.69 Å². The van der Waals surface area contributed by atoms with E-state index >= 15 is 0 Å². The lowest BCUT2D eigenvalue weighted by atomic mass is 9.85. The van der Waals surface area contributed by atoms with Gasteiger partial charge < -0.3 is 15.0 Å². The molecule has 1 amide bonds. The Bertz CT molecular complexity index is 805. The van der Waals surface area contributed by atoms with Crippen LogP contribution in [0.15, 0.2) is 24.3 Å². The summed E-state index contributed by atoms with van der Waals surface area (Å²) in [5.41, 5.74) is 1.76. The van der Waals surface area contributed by atoms with Crippen LogP contribution in [0.1, 0.15) is 64.0 Å². The molecule has 3 aliphatic rings. The summed E-state index contributed by atoms with van der Waals surface area (Å²) in [6.45, 7) is 4.83. The Morgan fingerprint density at radius 2 is 1.90 bits per heavy atom. The fourth-order valence-electron chi connectivity index (χ4n) is 5.46. The lowest BCUT2D eigenvalue weighted by Gasteiger charge is -2.44. The number of nitrogens with one attached hydrogen (secondary N) is 2. The first-order valence-corrected chi connectivity index (χ1v) is 11.5. The first-order valence-electron chi connectivity index (χ1n) is 11.5. The number of ether oxygens (including phenoxy) is 1. The Morgan fingerprint density at radius 1 is 1.23 bits per heavy atom. The second-order valence-corrected chi connectivity index (χ2v) is 9.44. The number of benzene rings is 1. The van der Waals surface area contributed by atoms with Gasteiger partial charge in [-0.1, -0.05) is 25.1 Å². The minimum atomic E-state index is -0.485. The largest absolute Gasteiger partial charge is 0.377 e. The monoisotopic (exact) mass is 430 g/mol. The number of para-hydroxylation sites is 1. The molecule has 4 rings (SSSR count).